The zero-order valence-electron chi connectivity index (χ0n) is 28.9. The van der Waals surface area contributed by atoms with E-state index in [0.29, 0.717) is 17.9 Å². The number of rotatable bonds is 24. The lowest BCUT2D eigenvalue weighted by molar-refractivity contribution is -0.120. The number of anilines is 1. The molecule has 0 atom stereocenters. The number of nitrogens with zero attached hydrogens (tertiary/aromatic N) is 1. The number of halogens is 1. The molecule has 0 N–H and O–H groups in total. The second kappa shape index (κ2) is 21.6. The smallest absolute Gasteiger partial charge is 0.258 e. The Morgan fingerprint density at radius 1 is 0.592 bits per heavy atom. The van der Waals surface area contributed by atoms with Crippen molar-refractivity contribution in [1.82, 2.24) is 0 Å². The maximum absolute atomic E-state index is 13.0. The summed E-state index contributed by atoms with van der Waals surface area (Å²) in [6.45, 7) is 0.685. The molecule has 6 heteroatoms. The Balaban J connectivity index is 0.882. The Hall–Kier alpha value is -4.32. The molecule has 1 heterocycles. The zero-order chi connectivity index (χ0) is 34.5. The predicted molar refractivity (Wildman–Crippen MR) is 197 cm³/mol. The van der Waals surface area contributed by atoms with Gasteiger partial charge in [0.15, 0.2) is 5.78 Å². The first-order valence-corrected chi connectivity index (χ1v) is 18.4. The Kier molecular flexibility index (Phi) is 16.5. The minimum absolute atomic E-state index is 0.123. The molecule has 49 heavy (non-hydrogen) atoms. The SMILES string of the molecule is O=C(C=Cc1ccc(CCCCCCCCCCCCCCCCCCOc2ccc(N3C(=O)C=CC3=O)cc2)cc1)c1ccc(F)cc1. The topological polar surface area (TPSA) is 63.7 Å². The normalized spacial score (nSPS) is 12.8. The van der Waals surface area contributed by atoms with Crippen molar-refractivity contribution in [3.63, 3.8) is 0 Å². The summed E-state index contributed by atoms with van der Waals surface area (Å²) < 4.78 is 18.9. The minimum atomic E-state index is -0.340. The van der Waals surface area contributed by atoms with Crippen molar-refractivity contribution >= 4 is 29.4 Å². The summed E-state index contributed by atoms with van der Waals surface area (Å²) in [5.74, 6) is -0.314. The van der Waals surface area contributed by atoms with E-state index in [2.05, 4.69) is 24.3 Å². The van der Waals surface area contributed by atoms with Crippen LogP contribution in [-0.4, -0.2) is 24.2 Å². The van der Waals surface area contributed by atoms with Crippen LogP contribution >= 0.6 is 0 Å². The molecular weight excluding hydrogens is 613 g/mol. The molecule has 1 aliphatic rings. The van der Waals surface area contributed by atoms with E-state index >= 15 is 0 Å². The van der Waals surface area contributed by atoms with Crippen molar-refractivity contribution in [3.8, 4) is 5.75 Å². The van der Waals surface area contributed by atoms with Gasteiger partial charge in [-0.05, 0) is 85.0 Å². The van der Waals surface area contributed by atoms with Crippen LogP contribution in [-0.2, 0) is 16.0 Å². The number of carbonyl (C=O) groups is 3. The van der Waals surface area contributed by atoms with Gasteiger partial charge >= 0.3 is 0 Å². The molecule has 1 aliphatic heterocycles. The second-order valence-electron chi connectivity index (χ2n) is 13.0. The number of ether oxygens (including phenoxy) is 1. The van der Waals surface area contributed by atoms with Crippen LogP contribution in [0.2, 0.25) is 0 Å². The highest BCUT2D eigenvalue weighted by atomic mass is 19.1. The first-order valence-electron chi connectivity index (χ1n) is 18.4. The highest BCUT2D eigenvalue weighted by Crippen LogP contribution is 2.23. The van der Waals surface area contributed by atoms with E-state index in [-0.39, 0.29) is 23.4 Å². The monoisotopic (exact) mass is 665 g/mol. The molecule has 5 nitrogen and oxygen atoms in total. The van der Waals surface area contributed by atoms with E-state index in [1.165, 1.54) is 138 Å². The molecule has 0 unspecified atom stereocenters. The molecule has 2 amide bonds. The van der Waals surface area contributed by atoms with Gasteiger partial charge in [0, 0.05) is 17.7 Å². The third kappa shape index (κ3) is 14.0. The lowest BCUT2D eigenvalue weighted by atomic mass is 10.0. The van der Waals surface area contributed by atoms with Crippen LogP contribution in [0.25, 0.3) is 6.08 Å². The van der Waals surface area contributed by atoms with Gasteiger partial charge < -0.3 is 4.74 Å². The number of aryl methyl sites for hydroxylation is 1. The molecule has 0 aliphatic carbocycles. The molecule has 3 aromatic rings. The molecule has 260 valence electrons. The van der Waals surface area contributed by atoms with Gasteiger partial charge in [-0.25, -0.2) is 9.29 Å². The maximum Gasteiger partial charge on any atom is 0.258 e. The molecule has 0 bridgehead atoms. The van der Waals surface area contributed by atoms with E-state index < -0.39 is 0 Å². The van der Waals surface area contributed by atoms with E-state index in [4.69, 9.17) is 4.74 Å². The summed E-state index contributed by atoms with van der Waals surface area (Å²) in [7, 11) is 0. The number of imide groups is 1. The van der Waals surface area contributed by atoms with Gasteiger partial charge in [-0.2, -0.15) is 0 Å². The fourth-order valence-electron chi connectivity index (χ4n) is 6.12. The van der Waals surface area contributed by atoms with E-state index in [1.807, 2.05) is 18.2 Å². The van der Waals surface area contributed by atoms with Crippen molar-refractivity contribution < 1.29 is 23.5 Å². The van der Waals surface area contributed by atoms with Gasteiger partial charge in [-0.1, -0.05) is 120 Å². The quantitative estimate of drug-likeness (QED) is 0.0413. The summed E-state index contributed by atoms with van der Waals surface area (Å²) in [5.41, 5.74) is 3.39. The second-order valence-corrected chi connectivity index (χ2v) is 13.0. The predicted octanol–water partition coefficient (Wildman–Crippen LogP) is 11.0. The summed E-state index contributed by atoms with van der Waals surface area (Å²) >= 11 is 0. The van der Waals surface area contributed by atoms with E-state index in [9.17, 15) is 18.8 Å². The lowest BCUT2D eigenvalue weighted by Crippen LogP contribution is -2.29. The van der Waals surface area contributed by atoms with Crippen molar-refractivity contribution in [2.45, 2.75) is 109 Å². The Morgan fingerprint density at radius 3 is 1.61 bits per heavy atom. The van der Waals surface area contributed by atoms with Crippen molar-refractivity contribution in [3.05, 3.63) is 114 Å². The fraction of sp³-hybridized carbons (Fsp3) is 0.419. The van der Waals surface area contributed by atoms with Crippen LogP contribution < -0.4 is 9.64 Å². The van der Waals surface area contributed by atoms with Gasteiger partial charge in [0.1, 0.15) is 11.6 Å². The number of carbonyl (C=O) groups excluding carboxylic acids is 3. The third-order valence-corrected chi connectivity index (χ3v) is 9.07. The third-order valence-electron chi connectivity index (χ3n) is 9.07. The molecule has 3 aromatic carbocycles. The summed E-state index contributed by atoms with van der Waals surface area (Å²) in [5, 5.41) is 0. The van der Waals surface area contributed by atoms with Gasteiger partial charge in [-0.15, -0.1) is 0 Å². The summed E-state index contributed by atoms with van der Waals surface area (Å²) in [6.07, 6.45) is 27.8. The molecule has 0 saturated carbocycles. The number of benzene rings is 3. The molecular formula is C43H52FNO4. The zero-order valence-corrected chi connectivity index (χ0v) is 28.9. The maximum atomic E-state index is 13.0. The van der Waals surface area contributed by atoms with Crippen LogP contribution in [0.5, 0.6) is 5.75 Å². The van der Waals surface area contributed by atoms with Crippen LogP contribution in [0.4, 0.5) is 10.1 Å². The van der Waals surface area contributed by atoms with Crippen molar-refractivity contribution in [1.29, 1.82) is 0 Å². The molecule has 0 aromatic heterocycles. The van der Waals surface area contributed by atoms with Crippen LogP contribution in [0.1, 0.15) is 124 Å². The number of allylic oxidation sites excluding steroid dienone is 1. The van der Waals surface area contributed by atoms with Gasteiger partial charge in [0.05, 0.1) is 12.3 Å². The Morgan fingerprint density at radius 2 is 1.08 bits per heavy atom. The van der Waals surface area contributed by atoms with Crippen LogP contribution in [0.15, 0.2) is 91.0 Å². The largest absolute Gasteiger partial charge is 0.494 e. The first-order chi connectivity index (χ1) is 24.0. The average molecular weight is 666 g/mol. The average Bonchev–Trinajstić information content (AvgIpc) is 3.46. The van der Waals surface area contributed by atoms with Gasteiger partial charge in [0.2, 0.25) is 0 Å². The van der Waals surface area contributed by atoms with E-state index in [1.54, 1.807) is 18.2 Å². The lowest BCUT2D eigenvalue weighted by Gasteiger charge is -2.14. The Labute approximate surface area is 292 Å². The Bertz CT molecular complexity index is 1470. The first kappa shape index (κ1) is 37.5. The van der Waals surface area contributed by atoms with Crippen molar-refractivity contribution in [2.75, 3.05) is 11.5 Å². The molecule has 4 rings (SSSR count). The number of amides is 2. The van der Waals surface area contributed by atoms with E-state index in [0.717, 1.165) is 29.1 Å². The summed E-state index contributed by atoms with van der Waals surface area (Å²) in [6, 6.07) is 21.2. The number of hydrogen-bond acceptors (Lipinski definition) is 4. The number of unbranched alkanes of at least 4 members (excludes halogenated alkanes) is 15. The number of ketones is 1. The molecule has 0 saturated heterocycles. The summed E-state index contributed by atoms with van der Waals surface area (Å²) in [4.78, 5) is 36.9. The van der Waals surface area contributed by atoms with Crippen molar-refractivity contribution in [2.24, 2.45) is 0 Å². The highest BCUT2D eigenvalue weighted by Gasteiger charge is 2.24. The molecule has 0 radical (unpaired) electrons. The standard InChI is InChI=1S/C43H52FNO4/c44-38-25-23-37(24-26-38)41(46)31-22-36-20-18-35(19-21-36)17-15-13-11-9-7-5-3-1-2-4-6-8-10-12-14-16-34-49-40-29-27-39(28-30-40)45-42(47)32-33-43(45)48/h18-33H,1-17,34H2. The van der Waals surface area contributed by atoms with Crippen LogP contribution in [0, 0.1) is 5.82 Å². The minimum Gasteiger partial charge on any atom is -0.494 e. The van der Waals surface area contributed by atoms with Gasteiger partial charge in [-0.3, -0.25) is 14.4 Å². The molecule has 0 spiro atoms. The highest BCUT2D eigenvalue weighted by molar-refractivity contribution is 6.28. The molecule has 0 fully saturated rings. The number of hydrogen-bond donors (Lipinski definition) is 0. The van der Waals surface area contributed by atoms with Crippen LogP contribution in [0.3, 0.4) is 0 Å². The fourth-order valence-corrected chi connectivity index (χ4v) is 6.12. The van der Waals surface area contributed by atoms with Gasteiger partial charge in [0.25, 0.3) is 11.8 Å².